The average molecular weight is 385 g/mol. The van der Waals surface area contributed by atoms with Crippen LogP contribution in [0.4, 0.5) is 5.69 Å². The number of carbonyl (C=O) groups excluding carboxylic acids is 1. The predicted molar refractivity (Wildman–Crippen MR) is 107 cm³/mol. The number of nitrogens with one attached hydrogen (secondary N) is 2. The normalized spacial score (nSPS) is 15.9. The van der Waals surface area contributed by atoms with E-state index in [2.05, 4.69) is 15.6 Å². The molecule has 1 atom stereocenters. The number of nitrogens with zero attached hydrogens (tertiary/aromatic N) is 1. The SMILES string of the molecule is COc1ccc(CCNc2cncc(C(=O)NCC3CCCO3)c2)cc1OC. The molecule has 150 valence electrons. The number of hydrogen-bond acceptors (Lipinski definition) is 6. The van der Waals surface area contributed by atoms with Gasteiger partial charge in [-0.2, -0.15) is 0 Å². The number of rotatable bonds is 9. The van der Waals surface area contributed by atoms with E-state index in [-0.39, 0.29) is 12.0 Å². The summed E-state index contributed by atoms with van der Waals surface area (Å²) in [7, 11) is 3.25. The highest BCUT2D eigenvalue weighted by atomic mass is 16.5. The molecular formula is C21H27N3O4. The Morgan fingerprint density at radius 3 is 2.82 bits per heavy atom. The molecular weight excluding hydrogens is 358 g/mol. The van der Waals surface area contributed by atoms with Gasteiger partial charge in [0.05, 0.1) is 31.6 Å². The Morgan fingerprint density at radius 1 is 1.21 bits per heavy atom. The first-order chi connectivity index (χ1) is 13.7. The minimum Gasteiger partial charge on any atom is -0.493 e. The molecule has 1 fully saturated rings. The molecule has 0 saturated carbocycles. The number of amides is 1. The molecule has 1 aromatic heterocycles. The van der Waals surface area contributed by atoms with E-state index in [1.165, 1.54) is 0 Å². The van der Waals surface area contributed by atoms with Crippen LogP contribution in [0.3, 0.4) is 0 Å². The van der Waals surface area contributed by atoms with Crippen LogP contribution in [-0.2, 0) is 11.2 Å². The van der Waals surface area contributed by atoms with Gasteiger partial charge in [0.1, 0.15) is 0 Å². The molecule has 1 aliphatic heterocycles. The zero-order chi connectivity index (χ0) is 19.8. The molecule has 1 aromatic carbocycles. The molecule has 0 radical (unpaired) electrons. The summed E-state index contributed by atoms with van der Waals surface area (Å²) in [6, 6.07) is 7.69. The first kappa shape index (κ1) is 19.9. The maximum atomic E-state index is 12.3. The van der Waals surface area contributed by atoms with Crippen LogP contribution in [-0.4, -0.2) is 50.9 Å². The van der Waals surface area contributed by atoms with Crippen molar-refractivity contribution < 1.29 is 19.0 Å². The van der Waals surface area contributed by atoms with Crippen molar-refractivity contribution in [3.8, 4) is 11.5 Å². The van der Waals surface area contributed by atoms with Gasteiger partial charge < -0.3 is 24.8 Å². The van der Waals surface area contributed by atoms with Gasteiger partial charge in [-0.25, -0.2) is 0 Å². The van der Waals surface area contributed by atoms with E-state index in [0.717, 1.165) is 37.1 Å². The maximum absolute atomic E-state index is 12.3. The van der Waals surface area contributed by atoms with Gasteiger partial charge in [-0.05, 0) is 43.0 Å². The lowest BCUT2D eigenvalue weighted by Gasteiger charge is -2.12. The van der Waals surface area contributed by atoms with Gasteiger partial charge in [-0.3, -0.25) is 9.78 Å². The molecule has 0 spiro atoms. The first-order valence-electron chi connectivity index (χ1n) is 9.49. The summed E-state index contributed by atoms with van der Waals surface area (Å²) in [5, 5.41) is 6.23. The fraction of sp³-hybridized carbons (Fsp3) is 0.429. The summed E-state index contributed by atoms with van der Waals surface area (Å²) in [6.45, 7) is 2.02. The minimum atomic E-state index is -0.133. The van der Waals surface area contributed by atoms with Crippen molar-refractivity contribution in [2.24, 2.45) is 0 Å². The molecule has 2 heterocycles. The van der Waals surface area contributed by atoms with Gasteiger partial charge in [0.2, 0.25) is 0 Å². The minimum absolute atomic E-state index is 0.125. The molecule has 7 nitrogen and oxygen atoms in total. The quantitative estimate of drug-likeness (QED) is 0.691. The van der Waals surface area contributed by atoms with Crippen molar-refractivity contribution in [2.45, 2.75) is 25.4 Å². The monoisotopic (exact) mass is 385 g/mol. The third-order valence-corrected chi connectivity index (χ3v) is 4.71. The highest BCUT2D eigenvalue weighted by molar-refractivity contribution is 5.94. The zero-order valence-corrected chi connectivity index (χ0v) is 16.4. The number of ether oxygens (including phenoxy) is 3. The summed E-state index contributed by atoms with van der Waals surface area (Å²) in [5.41, 5.74) is 2.47. The number of anilines is 1. The maximum Gasteiger partial charge on any atom is 0.253 e. The van der Waals surface area contributed by atoms with Crippen LogP contribution in [0.1, 0.15) is 28.8 Å². The molecule has 7 heteroatoms. The van der Waals surface area contributed by atoms with Gasteiger partial charge in [-0.15, -0.1) is 0 Å². The van der Waals surface area contributed by atoms with Gasteiger partial charge >= 0.3 is 0 Å². The van der Waals surface area contributed by atoms with Crippen LogP contribution in [0.2, 0.25) is 0 Å². The molecule has 1 amide bonds. The van der Waals surface area contributed by atoms with E-state index in [1.807, 2.05) is 24.3 Å². The third kappa shape index (κ3) is 5.36. The average Bonchev–Trinajstić information content (AvgIpc) is 3.25. The lowest BCUT2D eigenvalue weighted by atomic mass is 10.1. The number of hydrogen-bond donors (Lipinski definition) is 2. The molecule has 28 heavy (non-hydrogen) atoms. The first-order valence-corrected chi connectivity index (χ1v) is 9.49. The fourth-order valence-electron chi connectivity index (χ4n) is 3.16. The number of methoxy groups -OCH3 is 2. The third-order valence-electron chi connectivity index (χ3n) is 4.71. The van der Waals surface area contributed by atoms with E-state index >= 15 is 0 Å². The highest BCUT2D eigenvalue weighted by Gasteiger charge is 2.17. The van der Waals surface area contributed by atoms with E-state index < -0.39 is 0 Å². The molecule has 1 unspecified atom stereocenters. The van der Waals surface area contributed by atoms with Gasteiger partial charge in [0, 0.05) is 32.1 Å². The Bertz CT molecular complexity index is 791. The van der Waals surface area contributed by atoms with Gasteiger partial charge in [0.15, 0.2) is 11.5 Å². The summed E-state index contributed by atoms with van der Waals surface area (Å²) >= 11 is 0. The molecule has 0 bridgehead atoms. The Labute approximate surface area is 165 Å². The Morgan fingerprint density at radius 2 is 2.07 bits per heavy atom. The molecule has 1 aliphatic rings. The van der Waals surface area contributed by atoms with E-state index in [1.54, 1.807) is 26.6 Å². The van der Waals surface area contributed by atoms with Crippen molar-refractivity contribution in [3.05, 3.63) is 47.8 Å². The number of aromatic nitrogens is 1. The van der Waals surface area contributed by atoms with Crippen molar-refractivity contribution in [1.82, 2.24) is 10.3 Å². The summed E-state index contributed by atoms with van der Waals surface area (Å²) < 4.78 is 16.1. The highest BCUT2D eigenvalue weighted by Crippen LogP contribution is 2.27. The topological polar surface area (TPSA) is 81.7 Å². The molecule has 2 N–H and O–H groups in total. The van der Waals surface area contributed by atoms with Crippen molar-refractivity contribution in [2.75, 3.05) is 39.2 Å². The standard InChI is InChI=1S/C21H27N3O4/c1-26-19-6-5-15(10-20(19)27-2)7-8-23-17-11-16(12-22-13-17)21(25)24-14-18-4-3-9-28-18/h5-6,10-13,18,23H,3-4,7-9,14H2,1-2H3,(H,24,25). The van der Waals surface area contributed by atoms with Gasteiger partial charge in [-0.1, -0.05) is 6.07 Å². The summed E-state index contributed by atoms with van der Waals surface area (Å²) in [6.07, 6.45) is 6.27. The molecule has 0 aliphatic carbocycles. The number of carbonyl (C=O) groups is 1. The van der Waals surface area contributed by atoms with Crippen LogP contribution in [0.5, 0.6) is 11.5 Å². The van der Waals surface area contributed by atoms with E-state index in [9.17, 15) is 4.79 Å². The zero-order valence-electron chi connectivity index (χ0n) is 16.4. The Kier molecular flexibility index (Phi) is 7.08. The van der Waals surface area contributed by atoms with Crippen molar-refractivity contribution in [1.29, 1.82) is 0 Å². The van der Waals surface area contributed by atoms with E-state index in [4.69, 9.17) is 14.2 Å². The van der Waals surface area contributed by atoms with Crippen LogP contribution in [0.15, 0.2) is 36.7 Å². The number of pyridine rings is 1. The largest absolute Gasteiger partial charge is 0.493 e. The number of benzene rings is 1. The second-order valence-electron chi connectivity index (χ2n) is 6.67. The summed E-state index contributed by atoms with van der Waals surface area (Å²) in [5.74, 6) is 1.29. The van der Waals surface area contributed by atoms with E-state index in [0.29, 0.717) is 30.2 Å². The molecule has 2 aromatic rings. The van der Waals surface area contributed by atoms with Crippen molar-refractivity contribution in [3.63, 3.8) is 0 Å². The second-order valence-corrected chi connectivity index (χ2v) is 6.67. The molecule has 1 saturated heterocycles. The van der Waals surface area contributed by atoms with Crippen LogP contribution < -0.4 is 20.1 Å². The van der Waals surface area contributed by atoms with Gasteiger partial charge in [0.25, 0.3) is 5.91 Å². The molecule has 3 rings (SSSR count). The fourth-order valence-corrected chi connectivity index (χ4v) is 3.16. The second kappa shape index (κ2) is 9.94. The Hall–Kier alpha value is -2.80. The summed E-state index contributed by atoms with van der Waals surface area (Å²) in [4.78, 5) is 16.5. The van der Waals surface area contributed by atoms with Crippen LogP contribution in [0.25, 0.3) is 0 Å². The lowest BCUT2D eigenvalue weighted by Crippen LogP contribution is -2.31. The smallest absolute Gasteiger partial charge is 0.253 e. The predicted octanol–water partition coefficient (Wildman–Crippen LogP) is 2.66. The van der Waals surface area contributed by atoms with Crippen molar-refractivity contribution >= 4 is 11.6 Å². The lowest BCUT2D eigenvalue weighted by molar-refractivity contribution is 0.0857. The van der Waals surface area contributed by atoms with Crippen LogP contribution >= 0.6 is 0 Å². The van der Waals surface area contributed by atoms with Crippen LogP contribution in [0, 0.1) is 0 Å². The Balaban J connectivity index is 1.51.